The molecule has 0 saturated heterocycles. The molecule has 158 valence electrons. The van der Waals surface area contributed by atoms with Crippen molar-refractivity contribution in [3.8, 4) is 0 Å². The van der Waals surface area contributed by atoms with Gasteiger partial charge in [-0.2, -0.15) is 0 Å². The van der Waals surface area contributed by atoms with E-state index in [1.807, 2.05) is 0 Å². The molecular weight excluding hydrogens is 428 g/mol. The first-order valence-electron chi connectivity index (χ1n) is 8.86. The van der Waals surface area contributed by atoms with Gasteiger partial charge in [0.05, 0.1) is 9.82 Å². The van der Waals surface area contributed by atoms with Crippen molar-refractivity contribution < 1.29 is 23.3 Å². The van der Waals surface area contributed by atoms with Crippen LogP contribution in [0.2, 0.25) is 0 Å². The number of hydrogen-bond donors (Lipinski definition) is 2. The minimum absolute atomic E-state index is 0.0543. The molecule has 0 saturated carbocycles. The first kappa shape index (κ1) is 21.9. The van der Waals surface area contributed by atoms with Crippen molar-refractivity contribution in [1.82, 2.24) is 10.9 Å². The van der Waals surface area contributed by atoms with Gasteiger partial charge in [-0.05, 0) is 48.0 Å². The Kier molecular flexibility index (Phi) is 6.93. The van der Waals surface area contributed by atoms with Crippen molar-refractivity contribution >= 4 is 29.3 Å². The molecule has 3 aromatic carbocycles. The zero-order chi connectivity index (χ0) is 22.4. The quantitative estimate of drug-likeness (QED) is 0.337. The largest absolute Gasteiger partial charge is 0.283 e. The van der Waals surface area contributed by atoms with Crippen molar-refractivity contribution in [2.45, 2.75) is 10.6 Å². The molecule has 0 aliphatic carbocycles. The second kappa shape index (κ2) is 9.81. The molecule has 0 atom stereocenters. The van der Waals surface area contributed by atoms with Crippen LogP contribution in [0.5, 0.6) is 0 Å². The lowest BCUT2D eigenvalue weighted by molar-refractivity contribution is -0.387. The molecule has 0 fully saturated rings. The monoisotopic (exact) mass is 443 g/mol. The number of benzene rings is 3. The van der Waals surface area contributed by atoms with Gasteiger partial charge in [-0.1, -0.05) is 18.2 Å². The van der Waals surface area contributed by atoms with Crippen LogP contribution in [-0.2, 0) is 5.75 Å². The minimum atomic E-state index is -0.774. The summed E-state index contributed by atoms with van der Waals surface area (Å²) in [5.74, 6) is -2.21. The van der Waals surface area contributed by atoms with Crippen LogP contribution in [0, 0.1) is 21.7 Å². The minimum Gasteiger partial charge on any atom is -0.267 e. The van der Waals surface area contributed by atoms with Crippen LogP contribution >= 0.6 is 11.8 Å². The van der Waals surface area contributed by atoms with E-state index >= 15 is 0 Å². The van der Waals surface area contributed by atoms with E-state index in [0.717, 1.165) is 30.0 Å². The highest BCUT2D eigenvalue weighted by Gasteiger charge is 2.19. The smallest absolute Gasteiger partial charge is 0.267 e. The van der Waals surface area contributed by atoms with Gasteiger partial charge in [-0.3, -0.25) is 30.6 Å². The topological polar surface area (TPSA) is 101 Å². The standard InChI is InChI=1S/C21H15F2N3O4S/c22-16-8-5-13(6-9-16)20(27)24-25-21(28)14-7-10-19(18(11-14)26(29)30)31-12-15-3-1-2-4-17(15)23/h1-11H,12H2,(H,24,27)(H,25,28). The lowest BCUT2D eigenvalue weighted by atomic mass is 10.2. The number of nitrogens with one attached hydrogen (secondary N) is 2. The van der Waals surface area contributed by atoms with E-state index < -0.39 is 28.4 Å². The zero-order valence-electron chi connectivity index (χ0n) is 15.8. The van der Waals surface area contributed by atoms with Crippen LogP contribution in [0.1, 0.15) is 26.3 Å². The molecule has 3 aromatic rings. The van der Waals surface area contributed by atoms with Crippen LogP contribution in [0.15, 0.2) is 71.6 Å². The third kappa shape index (κ3) is 5.64. The van der Waals surface area contributed by atoms with Gasteiger partial charge in [-0.25, -0.2) is 8.78 Å². The predicted molar refractivity (Wildman–Crippen MR) is 110 cm³/mol. The number of halogens is 2. The average molecular weight is 443 g/mol. The number of nitrogens with zero attached hydrogens (tertiary/aromatic N) is 1. The van der Waals surface area contributed by atoms with Gasteiger partial charge in [0.25, 0.3) is 17.5 Å². The maximum absolute atomic E-state index is 13.8. The molecule has 0 radical (unpaired) electrons. The molecule has 0 heterocycles. The molecule has 3 rings (SSSR count). The summed E-state index contributed by atoms with van der Waals surface area (Å²) in [6, 6.07) is 14.6. The van der Waals surface area contributed by atoms with Gasteiger partial charge in [-0.15, -0.1) is 11.8 Å². The fourth-order valence-corrected chi connectivity index (χ4v) is 3.54. The second-order valence-electron chi connectivity index (χ2n) is 6.23. The summed E-state index contributed by atoms with van der Waals surface area (Å²) in [5, 5.41) is 11.4. The number of nitro groups is 1. The van der Waals surface area contributed by atoms with E-state index in [1.165, 1.54) is 30.3 Å². The number of amides is 2. The van der Waals surface area contributed by atoms with Crippen LogP contribution < -0.4 is 10.9 Å². The Morgan fingerprint density at radius 2 is 1.52 bits per heavy atom. The highest BCUT2D eigenvalue weighted by atomic mass is 32.2. The fourth-order valence-electron chi connectivity index (χ4n) is 2.55. The maximum atomic E-state index is 13.8. The Balaban J connectivity index is 1.68. The van der Waals surface area contributed by atoms with E-state index in [1.54, 1.807) is 18.2 Å². The normalized spacial score (nSPS) is 10.4. The number of carbonyl (C=O) groups excluding carboxylic acids is 2. The summed E-state index contributed by atoms with van der Waals surface area (Å²) in [5.41, 5.74) is 4.45. The van der Waals surface area contributed by atoms with Crippen molar-refractivity contribution in [2.24, 2.45) is 0 Å². The summed E-state index contributed by atoms with van der Waals surface area (Å²) in [7, 11) is 0. The zero-order valence-corrected chi connectivity index (χ0v) is 16.6. The van der Waals surface area contributed by atoms with Gasteiger partial charge in [0, 0.05) is 22.9 Å². The Morgan fingerprint density at radius 3 is 2.16 bits per heavy atom. The summed E-state index contributed by atoms with van der Waals surface area (Å²) < 4.78 is 26.7. The molecule has 10 heteroatoms. The number of thioether (sulfide) groups is 1. The van der Waals surface area contributed by atoms with E-state index in [-0.39, 0.29) is 27.5 Å². The predicted octanol–water partition coefficient (Wildman–Crippen LogP) is 4.24. The first-order valence-corrected chi connectivity index (χ1v) is 9.84. The van der Waals surface area contributed by atoms with Crippen molar-refractivity contribution in [2.75, 3.05) is 0 Å². The highest BCUT2D eigenvalue weighted by Crippen LogP contribution is 2.32. The van der Waals surface area contributed by atoms with E-state index in [2.05, 4.69) is 10.9 Å². The van der Waals surface area contributed by atoms with Crippen molar-refractivity contribution in [3.05, 3.63) is 105 Å². The van der Waals surface area contributed by atoms with Gasteiger partial charge in [0.2, 0.25) is 0 Å². The molecule has 0 aromatic heterocycles. The average Bonchev–Trinajstić information content (AvgIpc) is 2.77. The first-order chi connectivity index (χ1) is 14.8. The molecule has 0 aliphatic rings. The number of nitro benzene ring substituents is 1. The summed E-state index contributed by atoms with van der Waals surface area (Å²) in [4.78, 5) is 35.3. The van der Waals surface area contributed by atoms with Crippen LogP contribution in [-0.4, -0.2) is 16.7 Å². The molecule has 7 nitrogen and oxygen atoms in total. The summed E-state index contributed by atoms with van der Waals surface area (Å²) in [6.07, 6.45) is 0. The Bertz CT molecular complexity index is 1140. The molecule has 0 aliphatic heterocycles. The SMILES string of the molecule is O=C(NNC(=O)c1ccc(SCc2ccccc2F)c([N+](=O)[O-])c1)c1ccc(F)cc1. The second-order valence-corrected chi connectivity index (χ2v) is 7.25. The molecule has 0 spiro atoms. The van der Waals surface area contributed by atoms with Gasteiger partial charge >= 0.3 is 0 Å². The number of hydrogen-bond acceptors (Lipinski definition) is 5. The fraction of sp³-hybridized carbons (Fsp3) is 0.0476. The molecular formula is C21H15F2N3O4S. The maximum Gasteiger partial charge on any atom is 0.283 e. The van der Waals surface area contributed by atoms with E-state index in [9.17, 15) is 28.5 Å². The highest BCUT2D eigenvalue weighted by molar-refractivity contribution is 7.98. The molecule has 0 bridgehead atoms. The van der Waals surface area contributed by atoms with Crippen LogP contribution in [0.4, 0.5) is 14.5 Å². The van der Waals surface area contributed by atoms with Gasteiger partial charge in [0.15, 0.2) is 0 Å². The van der Waals surface area contributed by atoms with Gasteiger partial charge in [0.1, 0.15) is 11.6 Å². The number of rotatable bonds is 6. The molecule has 2 N–H and O–H groups in total. The van der Waals surface area contributed by atoms with Crippen LogP contribution in [0.3, 0.4) is 0 Å². The Hall–Kier alpha value is -3.79. The summed E-state index contributed by atoms with van der Waals surface area (Å²) >= 11 is 1.07. The molecule has 2 amide bonds. The van der Waals surface area contributed by atoms with E-state index in [0.29, 0.717) is 5.56 Å². The van der Waals surface area contributed by atoms with Crippen molar-refractivity contribution in [3.63, 3.8) is 0 Å². The Labute approximate surface area is 179 Å². The molecule has 31 heavy (non-hydrogen) atoms. The van der Waals surface area contributed by atoms with Gasteiger partial charge < -0.3 is 0 Å². The lowest BCUT2D eigenvalue weighted by Gasteiger charge is -2.09. The molecule has 0 unspecified atom stereocenters. The third-order valence-corrected chi connectivity index (χ3v) is 5.27. The summed E-state index contributed by atoms with van der Waals surface area (Å²) in [6.45, 7) is 0. The number of carbonyl (C=O) groups is 2. The lowest BCUT2D eigenvalue weighted by Crippen LogP contribution is -2.41. The van der Waals surface area contributed by atoms with Crippen LogP contribution in [0.25, 0.3) is 0 Å². The number of hydrazine groups is 1. The van der Waals surface area contributed by atoms with Crippen molar-refractivity contribution in [1.29, 1.82) is 0 Å². The Morgan fingerprint density at radius 1 is 0.903 bits per heavy atom. The van der Waals surface area contributed by atoms with E-state index in [4.69, 9.17) is 0 Å². The third-order valence-electron chi connectivity index (χ3n) is 4.15.